The van der Waals surface area contributed by atoms with E-state index in [4.69, 9.17) is 9.47 Å². The van der Waals surface area contributed by atoms with Crippen molar-refractivity contribution in [2.45, 2.75) is 76.3 Å². The van der Waals surface area contributed by atoms with E-state index in [0.29, 0.717) is 19.7 Å². The van der Waals surface area contributed by atoms with Gasteiger partial charge in [-0.15, -0.1) is 0 Å². The highest BCUT2D eigenvalue weighted by molar-refractivity contribution is 5.94. The average molecular weight is 406 g/mol. The van der Waals surface area contributed by atoms with Crippen LogP contribution in [0.25, 0.3) is 0 Å². The number of piperidine rings is 1. The highest BCUT2D eigenvalue weighted by Gasteiger charge is 2.53. The molecule has 0 aliphatic carbocycles. The number of ether oxygens (including phenoxy) is 2. The zero-order valence-corrected chi connectivity index (χ0v) is 17.6. The fourth-order valence-corrected chi connectivity index (χ4v) is 5.11. The number of aliphatic hydroxyl groups is 1. The molecule has 5 nitrogen and oxygen atoms in total. The average Bonchev–Trinajstić information content (AvgIpc) is 3.28. The summed E-state index contributed by atoms with van der Waals surface area (Å²) in [5, 5.41) is 10.3. The topological polar surface area (TPSA) is 59.0 Å². The van der Waals surface area contributed by atoms with Gasteiger partial charge in [-0.2, -0.15) is 0 Å². The maximum Gasteiger partial charge on any atom is 0.256 e. The van der Waals surface area contributed by atoms with Crippen LogP contribution in [0.1, 0.15) is 63.2 Å². The van der Waals surface area contributed by atoms with Crippen LogP contribution in [0.4, 0.5) is 4.39 Å². The molecule has 3 aliphatic heterocycles. The minimum atomic E-state index is -0.855. The normalized spacial score (nSPS) is 32.1. The number of rotatable bonds is 3. The highest BCUT2D eigenvalue weighted by Crippen LogP contribution is 2.49. The fourth-order valence-electron chi connectivity index (χ4n) is 5.11. The third kappa shape index (κ3) is 3.94. The van der Waals surface area contributed by atoms with Crippen LogP contribution in [-0.2, 0) is 9.47 Å². The molecule has 3 aliphatic rings. The molecule has 1 aromatic carbocycles. The molecule has 0 radical (unpaired) electrons. The third-order valence-corrected chi connectivity index (χ3v) is 7.21. The van der Waals surface area contributed by atoms with E-state index in [9.17, 15) is 14.3 Å². The van der Waals surface area contributed by atoms with Gasteiger partial charge in [0, 0.05) is 13.1 Å². The zero-order valence-electron chi connectivity index (χ0n) is 17.6. The molecular formula is C23H32FNO4. The van der Waals surface area contributed by atoms with Gasteiger partial charge in [-0.05, 0) is 70.4 Å². The van der Waals surface area contributed by atoms with Gasteiger partial charge >= 0.3 is 0 Å². The number of likely N-dealkylation sites (tertiary alicyclic amines) is 1. The second-order valence-corrected chi connectivity index (χ2v) is 9.89. The summed E-state index contributed by atoms with van der Waals surface area (Å²) in [6.45, 7) is 7.59. The molecule has 1 amide bonds. The zero-order chi connectivity index (χ0) is 20.9. The highest BCUT2D eigenvalue weighted by atomic mass is 19.1. The molecule has 3 saturated heterocycles. The molecule has 4 rings (SSSR count). The van der Waals surface area contributed by atoms with Crippen LogP contribution in [0.3, 0.4) is 0 Å². The monoisotopic (exact) mass is 405 g/mol. The Bertz CT molecular complexity index is 768. The standard InChI is InChI=1S/C23H32FNO4/c1-21(2,27)18-8-9-22(3,29-18)19-14-23(15-28-19)10-12-25(13-11-23)20(26)16-6-4-5-7-17(16)24/h4-7,18-19,27H,8-15H2,1-3H3/t18-,19-,22+/m0/s1. The molecule has 3 atom stereocenters. The minimum Gasteiger partial charge on any atom is -0.388 e. The van der Waals surface area contributed by atoms with Crippen LogP contribution in [0.2, 0.25) is 0 Å². The first kappa shape index (κ1) is 20.8. The van der Waals surface area contributed by atoms with Gasteiger partial charge in [-0.1, -0.05) is 12.1 Å². The second-order valence-electron chi connectivity index (χ2n) is 9.89. The first-order chi connectivity index (χ1) is 13.6. The Morgan fingerprint density at radius 1 is 1.24 bits per heavy atom. The molecule has 0 bridgehead atoms. The number of carbonyl (C=O) groups is 1. The quantitative estimate of drug-likeness (QED) is 0.836. The van der Waals surface area contributed by atoms with Gasteiger partial charge in [0.1, 0.15) is 5.82 Å². The number of nitrogens with zero attached hydrogens (tertiary/aromatic N) is 1. The van der Waals surface area contributed by atoms with Gasteiger partial charge in [0.05, 0.1) is 35.6 Å². The van der Waals surface area contributed by atoms with Crippen LogP contribution in [0, 0.1) is 11.2 Å². The lowest BCUT2D eigenvalue weighted by Crippen LogP contribution is -2.45. The number of benzene rings is 1. The lowest BCUT2D eigenvalue weighted by molar-refractivity contribution is -0.155. The maximum atomic E-state index is 14.0. The SMILES string of the molecule is CC(C)(O)[C@@H]1CC[C@](C)([C@@H]2CC3(CCN(C(=O)c4ccccc4F)CC3)CO2)O1. The van der Waals surface area contributed by atoms with Crippen LogP contribution < -0.4 is 0 Å². The Kier molecular flexibility index (Phi) is 5.24. The van der Waals surface area contributed by atoms with Gasteiger partial charge in [0.2, 0.25) is 0 Å². The van der Waals surface area contributed by atoms with E-state index in [-0.39, 0.29) is 34.7 Å². The summed E-state index contributed by atoms with van der Waals surface area (Å²) in [6.07, 6.45) is 4.15. The van der Waals surface area contributed by atoms with E-state index in [0.717, 1.165) is 32.1 Å². The van der Waals surface area contributed by atoms with Crippen LogP contribution in [0.5, 0.6) is 0 Å². The first-order valence-electron chi connectivity index (χ1n) is 10.7. The number of amides is 1. The summed E-state index contributed by atoms with van der Waals surface area (Å²) in [5.41, 5.74) is -1.04. The van der Waals surface area contributed by atoms with E-state index in [1.54, 1.807) is 36.9 Å². The van der Waals surface area contributed by atoms with Crippen molar-refractivity contribution in [2.75, 3.05) is 19.7 Å². The molecule has 0 unspecified atom stereocenters. The Balaban J connectivity index is 1.37. The predicted octanol–water partition coefficient (Wildman–Crippen LogP) is 3.55. The van der Waals surface area contributed by atoms with Crippen molar-refractivity contribution in [1.82, 2.24) is 4.90 Å². The number of hydrogen-bond donors (Lipinski definition) is 1. The Labute approximate surface area is 172 Å². The van der Waals surface area contributed by atoms with Crippen LogP contribution in [-0.4, -0.2) is 59.0 Å². The number of carbonyl (C=O) groups excluding carboxylic acids is 1. The van der Waals surface area contributed by atoms with Crippen LogP contribution >= 0.6 is 0 Å². The van der Waals surface area contributed by atoms with E-state index in [2.05, 4.69) is 6.92 Å². The van der Waals surface area contributed by atoms with Crippen molar-refractivity contribution >= 4 is 5.91 Å². The molecule has 6 heteroatoms. The number of hydrogen-bond acceptors (Lipinski definition) is 4. The van der Waals surface area contributed by atoms with Gasteiger partial charge in [0.15, 0.2) is 0 Å². The largest absolute Gasteiger partial charge is 0.388 e. The first-order valence-corrected chi connectivity index (χ1v) is 10.7. The van der Waals surface area contributed by atoms with Crippen molar-refractivity contribution in [1.29, 1.82) is 0 Å². The summed E-state index contributed by atoms with van der Waals surface area (Å²) in [7, 11) is 0. The van der Waals surface area contributed by atoms with Crippen LogP contribution in [0.15, 0.2) is 24.3 Å². The third-order valence-electron chi connectivity index (χ3n) is 7.21. The van der Waals surface area contributed by atoms with Gasteiger partial charge in [-0.25, -0.2) is 4.39 Å². The summed E-state index contributed by atoms with van der Waals surface area (Å²) >= 11 is 0. The second kappa shape index (κ2) is 7.33. The molecule has 1 N–H and O–H groups in total. The van der Waals surface area contributed by atoms with Gasteiger partial charge < -0.3 is 19.5 Å². The summed E-state index contributed by atoms with van der Waals surface area (Å²) < 4.78 is 26.5. The predicted molar refractivity (Wildman–Crippen MR) is 107 cm³/mol. The van der Waals surface area contributed by atoms with E-state index in [1.807, 2.05) is 0 Å². The number of halogens is 1. The van der Waals surface area contributed by atoms with Crippen molar-refractivity contribution in [3.8, 4) is 0 Å². The molecule has 160 valence electrons. The van der Waals surface area contributed by atoms with Gasteiger partial charge in [-0.3, -0.25) is 4.79 Å². The van der Waals surface area contributed by atoms with Gasteiger partial charge in [0.25, 0.3) is 5.91 Å². The smallest absolute Gasteiger partial charge is 0.256 e. The fraction of sp³-hybridized carbons (Fsp3) is 0.696. The Morgan fingerprint density at radius 2 is 1.93 bits per heavy atom. The van der Waals surface area contributed by atoms with Crippen molar-refractivity contribution in [3.63, 3.8) is 0 Å². The molecule has 0 aromatic heterocycles. The molecule has 1 spiro atoms. The van der Waals surface area contributed by atoms with E-state index < -0.39 is 11.4 Å². The van der Waals surface area contributed by atoms with E-state index in [1.165, 1.54) is 6.07 Å². The molecule has 3 fully saturated rings. The summed E-state index contributed by atoms with van der Waals surface area (Å²) in [6, 6.07) is 6.17. The Morgan fingerprint density at radius 3 is 2.55 bits per heavy atom. The summed E-state index contributed by atoms with van der Waals surface area (Å²) in [4.78, 5) is 14.4. The van der Waals surface area contributed by atoms with Crippen molar-refractivity contribution in [3.05, 3.63) is 35.6 Å². The lowest BCUT2D eigenvalue weighted by atomic mass is 9.74. The maximum absolute atomic E-state index is 14.0. The summed E-state index contributed by atoms with van der Waals surface area (Å²) in [5.74, 6) is -0.692. The lowest BCUT2D eigenvalue weighted by Gasteiger charge is -2.39. The molecule has 3 heterocycles. The van der Waals surface area contributed by atoms with Crippen molar-refractivity contribution in [2.24, 2.45) is 5.41 Å². The molecule has 29 heavy (non-hydrogen) atoms. The Hall–Kier alpha value is -1.50. The molecule has 0 saturated carbocycles. The molecular weight excluding hydrogens is 373 g/mol. The molecule has 1 aromatic rings. The van der Waals surface area contributed by atoms with Crippen molar-refractivity contribution < 1.29 is 23.8 Å². The minimum absolute atomic E-state index is 0.00340. The van der Waals surface area contributed by atoms with E-state index >= 15 is 0 Å².